The standard InChI is InChI=1S/C15H27N5/c1-11-6-8-20(9-7-11)15(16-4)17-10-14-12(2)18-19(5)13(14)3/h11H,6-10H2,1-5H3,(H,16,17). The van der Waals surface area contributed by atoms with Gasteiger partial charge < -0.3 is 10.2 Å². The van der Waals surface area contributed by atoms with Crippen LogP contribution in [0.5, 0.6) is 0 Å². The molecular formula is C15H27N5. The van der Waals surface area contributed by atoms with Gasteiger partial charge in [0.25, 0.3) is 0 Å². The van der Waals surface area contributed by atoms with E-state index < -0.39 is 0 Å². The van der Waals surface area contributed by atoms with Gasteiger partial charge in [-0.2, -0.15) is 5.10 Å². The molecule has 2 heterocycles. The zero-order chi connectivity index (χ0) is 14.7. The number of nitrogens with one attached hydrogen (secondary N) is 1. The van der Waals surface area contributed by atoms with Crippen molar-refractivity contribution in [3.05, 3.63) is 17.0 Å². The molecule has 5 heteroatoms. The predicted molar refractivity (Wildman–Crippen MR) is 82.9 cm³/mol. The third kappa shape index (κ3) is 3.14. The summed E-state index contributed by atoms with van der Waals surface area (Å²) in [6.45, 7) is 9.51. The van der Waals surface area contributed by atoms with Crippen LogP contribution in [0.2, 0.25) is 0 Å². The summed E-state index contributed by atoms with van der Waals surface area (Å²) in [5, 5.41) is 7.95. The molecule has 2 rings (SSSR count). The minimum absolute atomic E-state index is 0.796. The zero-order valence-electron chi connectivity index (χ0n) is 13.4. The molecule has 0 atom stereocenters. The molecule has 0 saturated carbocycles. The highest BCUT2D eigenvalue weighted by Crippen LogP contribution is 2.16. The lowest BCUT2D eigenvalue weighted by atomic mass is 9.99. The van der Waals surface area contributed by atoms with Crippen LogP contribution in [0.3, 0.4) is 0 Å². The highest BCUT2D eigenvalue weighted by atomic mass is 15.3. The van der Waals surface area contributed by atoms with Gasteiger partial charge in [0, 0.05) is 45.0 Å². The first-order valence-corrected chi connectivity index (χ1v) is 7.47. The number of nitrogens with zero attached hydrogens (tertiary/aromatic N) is 4. The summed E-state index contributed by atoms with van der Waals surface area (Å²) in [5.74, 6) is 1.85. The van der Waals surface area contributed by atoms with Crippen molar-refractivity contribution in [2.75, 3.05) is 20.1 Å². The number of piperidine rings is 1. The predicted octanol–water partition coefficient (Wildman–Crippen LogP) is 1.84. The molecule has 1 fully saturated rings. The second-order valence-electron chi connectivity index (χ2n) is 5.84. The Morgan fingerprint density at radius 2 is 2.00 bits per heavy atom. The van der Waals surface area contributed by atoms with Crippen molar-refractivity contribution in [2.45, 2.75) is 40.2 Å². The van der Waals surface area contributed by atoms with E-state index in [2.05, 4.69) is 41.1 Å². The van der Waals surface area contributed by atoms with Crippen LogP contribution in [0.4, 0.5) is 0 Å². The fraction of sp³-hybridized carbons (Fsp3) is 0.733. The Kier molecular flexibility index (Phi) is 4.68. The number of rotatable bonds is 2. The largest absolute Gasteiger partial charge is 0.352 e. The molecule has 0 spiro atoms. The van der Waals surface area contributed by atoms with Gasteiger partial charge in [0.15, 0.2) is 5.96 Å². The van der Waals surface area contributed by atoms with Crippen LogP contribution in [0.25, 0.3) is 0 Å². The Balaban J connectivity index is 1.98. The van der Waals surface area contributed by atoms with Crippen molar-refractivity contribution >= 4 is 5.96 Å². The molecule has 1 aromatic rings. The fourth-order valence-corrected chi connectivity index (χ4v) is 2.79. The third-order valence-electron chi connectivity index (χ3n) is 4.38. The average Bonchev–Trinajstić information content (AvgIpc) is 2.67. The first-order valence-electron chi connectivity index (χ1n) is 7.47. The maximum atomic E-state index is 4.46. The minimum Gasteiger partial charge on any atom is -0.352 e. The molecule has 1 saturated heterocycles. The van der Waals surface area contributed by atoms with Gasteiger partial charge >= 0.3 is 0 Å². The Labute approximate surface area is 122 Å². The molecular weight excluding hydrogens is 250 g/mol. The lowest BCUT2D eigenvalue weighted by molar-refractivity contribution is 0.273. The minimum atomic E-state index is 0.796. The van der Waals surface area contributed by atoms with Crippen molar-refractivity contribution < 1.29 is 0 Å². The molecule has 0 bridgehead atoms. The van der Waals surface area contributed by atoms with Crippen molar-refractivity contribution in [1.29, 1.82) is 0 Å². The molecule has 0 radical (unpaired) electrons. The maximum absolute atomic E-state index is 4.46. The van der Waals surface area contributed by atoms with E-state index in [-0.39, 0.29) is 0 Å². The monoisotopic (exact) mass is 277 g/mol. The fourth-order valence-electron chi connectivity index (χ4n) is 2.79. The molecule has 20 heavy (non-hydrogen) atoms. The van der Waals surface area contributed by atoms with Crippen LogP contribution in [0.1, 0.15) is 36.7 Å². The summed E-state index contributed by atoms with van der Waals surface area (Å²) in [5.41, 5.74) is 3.59. The highest BCUT2D eigenvalue weighted by Gasteiger charge is 2.19. The van der Waals surface area contributed by atoms with Crippen molar-refractivity contribution in [3.8, 4) is 0 Å². The van der Waals surface area contributed by atoms with Crippen LogP contribution in [0.15, 0.2) is 4.99 Å². The average molecular weight is 277 g/mol. The quantitative estimate of drug-likeness (QED) is 0.663. The van der Waals surface area contributed by atoms with E-state index in [1.165, 1.54) is 24.1 Å². The number of hydrogen-bond acceptors (Lipinski definition) is 2. The number of aromatic nitrogens is 2. The molecule has 0 amide bonds. The zero-order valence-corrected chi connectivity index (χ0v) is 13.4. The number of aryl methyl sites for hydroxylation is 2. The number of likely N-dealkylation sites (tertiary alicyclic amines) is 1. The summed E-state index contributed by atoms with van der Waals surface area (Å²) in [6.07, 6.45) is 2.51. The first kappa shape index (κ1) is 14.9. The highest BCUT2D eigenvalue weighted by molar-refractivity contribution is 5.80. The van der Waals surface area contributed by atoms with E-state index in [0.29, 0.717) is 0 Å². The van der Waals surface area contributed by atoms with Gasteiger partial charge in [0.05, 0.1) is 5.69 Å². The van der Waals surface area contributed by atoms with Crippen molar-refractivity contribution in [1.82, 2.24) is 20.0 Å². The number of aliphatic imine (C=N–C) groups is 1. The number of guanidine groups is 1. The van der Waals surface area contributed by atoms with Gasteiger partial charge in [-0.1, -0.05) is 6.92 Å². The molecule has 112 valence electrons. The smallest absolute Gasteiger partial charge is 0.193 e. The summed E-state index contributed by atoms with van der Waals surface area (Å²) >= 11 is 0. The molecule has 0 unspecified atom stereocenters. The molecule has 1 aliphatic heterocycles. The Morgan fingerprint density at radius 3 is 2.50 bits per heavy atom. The summed E-state index contributed by atoms with van der Waals surface area (Å²) in [6, 6.07) is 0. The van der Waals surface area contributed by atoms with E-state index in [4.69, 9.17) is 0 Å². The topological polar surface area (TPSA) is 45.5 Å². The summed E-state index contributed by atoms with van der Waals surface area (Å²) < 4.78 is 1.94. The summed E-state index contributed by atoms with van der Waals surface area (Å²) in [4.78, 5) is 6.78. The molecule has 5 nitrogen and oxygen atoms in total. The lowest BCUT2D eigenvalue weighted by Gasteiger charge is -2.32. The molecule has 1 aliphatic rings. The van der Waals surface area contributed by atoms with Crippen LogP contribution in [-0.4, -0.2) is 40.8 Å². The van der Waals surface area contributed by atoms with Crippen LogP contribution in [0, 0.1) is 19.8 Å². The Bertz CT molecular complexity index is 481. The van der Waals surface area contributed by atoms with Gasteiger partial charge in [-0.15, -0.1) is 0 Å². The van der Waals surface area contributed by atoms with Crippen LogP contribution >= 0.6 is 0 Å². The normalized spacial score (nSPS) is 17.6. The molecule has 1 aromatic heterocycles. The second-order valence-corrected chi connectivity index (χ2v) is 5.84. The third-order valence-corrected chi connectivity index (χ3v) is 4.38. The van der Waals surface area contributed by atoms with Gasteiger partial charge in [-0.3, -0.25) is 9.67 Å². The van der Waals surface area contributed by atoms with Gasteiger partial charge in [0.1, 0.15) is 0 Å². The lowest BCUT2D eigenvalue weighted by Crippen LogP contribution is -2.45. The first-order chi connectivity index (χ1) is 9.52. The van der Waals surface area contributed by atoms with Crippen LogP contribution in [-0.2, 0) is 13.6 Å². The van der Waals surface area contributed by atoms with Crippen molar-refractivity contribution in [3.63, 3.8) is 0 Å². The Hall–Kier alpha value is -1.52. The second kappa shape index (κ2) is 6.29. The van der Waals surface area contributed by atoms with E-state index in [1.807, 2.05) is 18.8 Å². The molecule has 0 aromatic carbocycles. The summed E-state index contributed by atoms with van der Waals surface area (Å²) in [7, 11) is 3.86. The van der Waals surface area contributed by atoms with E-state index >= 15 is 0 Å². The Morgan fingerprint density at radius 1 is 1.35 bits per heavy atom. The van der Waals surface area contributed by atoms with Gasteiger partial charge in [-0.25, -0.2) is 0 Å². The van der Waals surface area contributed by atoms with Gasteiger partial charge in [-0.05, 0) is 32.6 Å². The molecule has 1 N–H and O–H groups in total. The molecule has 0 aliphatic carbocycles. The maximum Gasteiger partial charge on any atom is 0.193 e. The van der Waals surface area contributed by atoms with Crippen LogP contribution < -0.4 is 5.32 Å². The number of hydrogen-bond donors (Lipinski definition) is 1. The van der Waals surface area contributed by atoms with E-state index in [1.54, 1.807) is 0 Å². The van der Waals surface area contributed by atoms with Crippen molar-refractivity contribution in [2.24, 2.45) is 18.0 Å². The van der Waals surface area contributed by atoms with Gasteiger partial charge in [0.2, 0.25) is 0 Å². The van der Waals surface area contributed by atoms with E-state index in [9.17, 15) is 0 Å². The van der Waals surface area contributed by atoms with E-state index in [0.717, 1.165) is 37.2 Å². The SMILES string of the molecule is CN=C(NCc1c(C)nn(C)c1C)N1CCC(C)CC1.